The smallest absolute Gasteiger partial charge is 0.321 e. The Labute approximate surface area is 338 Å². The van der Waals surface area contributed by atoms with Crippen LogP contribution in [-0.4, -0.2) is 116 Å². The van der Waals surface area contributed by atoms with Crippen LogP contribution in [0.15, 0.2) is 60.8 Å². The fourth-order valence-corrected chi connectivity index (χ4v) is 7.01. The maximum atomic E-state index is 15.0. The van der Waals surface area contributed by atoms with Crippen molar-refractivity contribution in [2.75, 3.05) is 38.5 Å². The zero-order valence-electron chi connectivity index (χ0n) is 32.5. The molecule has 0 saturated heterocycles. The molecule has 16 nitrogen and oxygen atoms in total. The van der Waals surface area contributed by atoms with Crippen molar-refractivity contribution < 1.29 is 52.9 Å². The number of carboxylic acids is 2. The number of rotatable bonds is 22. The molecule has 2 aromatic carbocycles. The monoisotopic (exact) mass is 831 g/mol. The highest BCUT2D eigenvalue weighted by molar-refractivity contribution is 8.00. The summed E-state index contributed by atoms with van der Waals surface area (Å²) in [6.07, 6.45) is 1.12. The molecule has 0 aliphatic carbocycles. The summed E-state index contributed by atoms with van der Waals surface area (Å²) in [6, 6.07) is 11.1. The Morgan fingerprint density at radius 2 is 1.55 bits per heavy atom. The number of aliphatic carboxylic acids is 2. The molecule has 4 atom stereocenters. The molecule has 0 saturated carbocycles. The number of halogens is 2. The number of benzene rings is 2. The second-order valence-electron chi connectivity index (χ2n) is 14.5. The highest BCUT2D eigenvalue weighted by Gasteiger charge is 2.37. The second kappa shape index (κ2) is 22.0. The maximum Gasteiger partial charge on any atom is 0.321 e. The van der Waals surface area contributed by atoms with Crippen molar-refractivity contribution in [1.29, 1.82) is 0 Å². The van der Waals surface area contributed by atoms with E-state index in [2.05, 4.69) is 16.0 Å². The van der Waals surface area contributed by atoms with Gasteiger partial charge in [-0.1, -0.05) is 51.1 Å². The summed E-state index contributed by atoms with van der Waals surface area (Å²) in [5.41, 5.74) is 12.8. The largest absolute Gasteiger partial charge is 0.480 e. The van der Waals surface area contributed by atoms with Gasteiger partial charge in [-0.2, -0.15) is 0 Å². The summed E-state index contributed by atoms with van der Waals surface area (Å²) in [7, 11) is 0. The lowest BCUT2D eigenvalue weighted by Gasteiger charge is -2.41. The van der Waals surface area contributed by atoms with Crippen LogP contribution in [-0.2, 0) is 35.3 Å². The van der Waals surface area contributed by atoms with Crippen LogP contribution in [0.5, 0.6) is 0 Å². The van der Waals surface area contributed by atoms with Crippen molar-refractivity contribution >= 4 is 47.3 Å². The predicted octanol–water partition coefficient (Wildman–Crippen LogP) is 1.44. The van der Waals surface area contributed by atoms with E-state index in [-0.39, 0.29) is 37.4 Å². The molecule has 0 bridgehead atoms. The Bertz CT molecular complexity index is 1910. The van der Waals surface area contributed by atoms with Gasteiger partial charge in [0.2, 0.25) is 23.6 Å². The van der Waals surface area contributed by atoms with Gasteiger partial charge in [0.05, 0.1) is 18.6 Å². The molecule has 10 N–H and O–H groups in total. The molecule has 0 aliphatic rings. The fourth-order valence-electron chi connectivity index (χ4n) is 6.02. The van der Waals surface area contributed by atoms with Crippen molar-refractivity contribution in [3.63, 3.8) is 0 Å². The summed E-state index contributed by atoms with van der Waals surface area (Å²) in [5.74, 6) is -6.79. The number of carbonyl (C=O) groups excluding carboxylic acids is 4. The first kappa shape index (κ1) is 47.0. The van der Waals surface area contributed by atoms with Crippen molar-refractivity contribution in [3.05, 3.63) is 83.7 Å². The topological polar surface area (TPSA) is 259 Å². The first-order valence-corrected chi connectivity index (χ1v) is 19.4. The minimum atomic E-state index is -1.35. The molecule has 19 heteroatoms. The zero-order chi connectivity index (χ0) is 43.2. The Hall–Kier alpha value is -5.37. The van der Waals surface area contributed by atoms with Crippen LogP contribution in [0.1, 0.15) is 50.9 Å². The molecule has 3 aromatic rings. The average molecular weight is 832 g/mol. The minimum Gasteiger partial charge on any atom is -0.480 e. The van der Waals surface area contributed by atoms with Gasteiger partial charge in [0.15, 0.2) is 0 Å². The standard InChI is InChI=1S/C39H51F2N7O9S/c1-39(2,3)35(30-15-24(26-16-25(40)9-10-27(26)41)20-47(30)19-23-7-5-4-6-8-23)48(34(52)21-49)14-11-28(42)36(53)45-13-12-44-33(51)18-46-32(50)17-31(38(56)57)58-22-29(43)37(54)55/h4-10,15-16,20,28-29,31,35,49H,11-14,17-19,21-22,42-43H2,1-3H3,(H,44,51)(H,45,53)(H,46,50)(H,54,55)(H,56,57)/t28-,29+,31?,35+/m0/s1. The van der Waals surface area contributed by atoms with E-state index in [0.717, 1.165) is 23.8 Å². The van der Waals surface area contributed by atoms with E-state index < -0.39 is 95.6 Å². The number of nitrogens with one attached hydrogen (secondary N) is 3. The molecule has 0 aliphatic heterocycles. The van der Waals surface area contributed by atoms with E-state index in [1.807, 2.05) is 55.7 Å². The van der Waals surface area contributed by atoms with E-state index >= 15 is 4.39 Å². The Morgan fingerprint density at radius 1 is 0.879 bits per heavy atom. The van der Waals surface area contributed by atoms with Crippen LogP contribution in [0, 0.1) is 17.0 Å². The van der Waals surface area contributed by atoms with E-state index in [0.29, 0.717) is 29.6 Å². The molecule has 0 spiro atoms. The third kappa shape index (κ3) is 14.2. The van der Waals surface area contributed by atoms with E-state index in [1.165, 1.54) is 4.90 Å². The summed E-state index contributed by atoms with van der Waals surface area (Å²) >= 11 is 0.690. The number of aliphatic hydroxyl groups excluding tert-OH is 1. The Balaban J connectivity index is 1.64. The number of amides is 4. The summed E-state index contributed by atoms with van der Waals surface area (Å²) in [4.78, 5) is 74.6. The number of aliphatic hydroxyl groups is 1. The summed E-state index contributed by atoms with van der Waals surface area (Å²) < 4.78 is 31.2. The predicted molar refractivity (Wildman–Crippen MR) is 212 cm³/mol. The van der Waals surface area contributed by atoms with Crippen molar-refractivity contribution in [2.45, 2.75) is 63.5 Å². The maximum absolute atomic E-state index is 15.0. The van der Waals surface area contributed by atoms with Gasteiger partial charge in [0.25, 0.3) is 0 Å². The van der Waals surface area contributed by atoms with Crippen molar-refractivity contribution in [1.82, 2.24) is 25.4 Å². The molecule has 0 fully saturated rings. The number of aromatic nitrogens is 1. The first-order valence-electron chi connectivity index (χ1n) is 18.3. The second-order valence-corrected chi connectivity index (χ2v) is 15.8. The molecule has 1 heterocycles. The third-order valence-corrected chi connectivity index (χ3v) is 10.2. The highest BCUT2D eigenvalue weighted by atomic mass is 32.2. The van der Waals surface area contributed by atoms with Gasteiger partial charge in [-0.3, -0.25) is 28.8 Å². The van der Waals surface area contributed by atoms with Gasteiger partial charge >= 0.3 is 11.9 Å². The van der Waals surface area contributed by atoms with Crippen LogP contribution in [0.25, 0.3) is 11.1 Å². The Morgan fingerprint density at radius 3 is 2.17 bits per heavy atom. The van der Waals surface area contributed by atoms with Gasteiger partial charge in [-0.15, -0.1) is 11.8 Å². The van der Waals surface area contributed by atoms with Crippen LogP contribution in [0.2, 0.25) is 0 Å². The molecular formula is C39H51F2N7O9S. The van der Waals surface area contributed by atoms with Crippen LogP contribution >= 0.6 is 11.8 Å². The number of hydrogen-bond donors (Lipinski definition) is 8. The fraction of sp³-hybridized carbons (Fsp3) is 0.436. The first-order chi connectivity index (χ1) is 27.3. The highest BCUT2D eigenvalue weighted by Crippen LogP contribution is 2.41. The van der Waals surface area contributed by atoms with Gasteiger partial charge in [0.1, 0.15) is 29.5 Å². The summed E-state index contributed by atoms with van der Waals surface area (Å²) in [6.45, 7) is 4.47. The number of thioether (sulfide) groups is 1. The normalized spacial score (nSPS) is 13.4. The van der Waals surface area contributed by atoms with Gasteiger partial charge in [0, 0.05) is 61.4 Å². The van der Waals surface area contributed by atoms with Crippen LogP contribution in [0.4, 0.5) is 8.78 Å². The lowest BCUT2D eigenvalue weighted by molar-refractivity contribution is -0.140. The van der Waals surface area contributed by atoms with Crippen LogP contribution in [0.3, 0.4) is 0 Å². The molecule has 0 radical (unpaired) electrons. The van der Waals surface area contributed by atoms with Gasteiger partial charge in [-0.05, 0) is 41.7 Å². The number of carbonyl (C=O) groups is 6. The summed E-state index contributed by atoms with van der Waals surface area (Å²) in [5, 5.41) is 34.3. The molecule has 1 unspecified atom stereocenters. The van der Waals surface area contributed by atoms with Crippen LogP contribution < -0.4 is 27.4 Å². The lowest BCUT2D eigenvalue weighted by Crippen LogP contribution is -2.48. The molecule has 1 aromatic heterocycles. The molecule has 4 amide bonds. The third-order valence-electron chi connectivity index (χ3n) is 8.88. The molecule has 316 valence electrons. The number of carboxylic acid groups (broad SMARTS) is 2. The van der Waals surface area contributed by atoms with Crippen molar-refractivity contribution in [2.24, 2.45) is 16.9 Å². The molecule has 58 heavy (non-hydrogen) atoms. The quantitative estimate of drug-likeness (QED) is 0.0670. The molecule has 3 rings (SSSR count). The SMILES string of the molecule is CC(C)(C)[C@@H](c1cc(-c2cc(F)ccc2F)cn1Cc1ccccc1)N(CC[C@H](N)C(=O)NCCNC(=O)CNC(=O)CC(SC[C@@H](N)C(=O)O)C(=O)O)C(=O)CO. The van der Waals surface area contributed by atoms with Gasteiger partial charge in [-0.25, -0.2) is 8.78 Å². The van der Waals surface area contributed by atoms with E-state index in [1.54, 1.807) is 12.3 Å². The van der Waals surface area contributed by atoms with Crippen molar-refractivity contribution in [3.8, 4) is 11.1 Å². The number of nitrogens with two attached hydrogens (primary N) is 2. The Kier molecular flexibility index (Phi) is 17.8. The number of hydrogen-bond acceptors (Lipinski definition) is 10. The zero-order valence-corrected chi connectivity index (χ0v) is 33.3. The average Bonchev–Trinajstić information content (AvgIpc) is 3.57. The van der Waals surface area contributed by atoms with E-state index in [9.17, 15) is 43.4 Å². The van der Waals surface area contributed by atoms with Gasteiger partial charge < -0.3 is 52.2 Å². The molecular weight excluding hydrogens is 781 g/mol. The van der Waals surface area contributed by atoms with E-state index in [4.69, 9.17) is 16.6 Å². The number of nitrogens with zero attached hydrogens (tertiary/aromatic N) is 2. The lowest BCUT2D eigenvalue weighted by atomic mass is 9.82. The minimum absolute atomic E-state index is 0.0288.